The molecule has 6 nitrogen and oxygen atoms in total. The zero-order chi connectivity index (χ0) is 18.9. The standard InChI is InChI=1S/C19H23NO5S/c1-13-17-12-19(25-4)18(24-3)11-14(17)9-10-20(13)26(21,22)16-7-5-15(23-2)6-8-16/h5-8,11-13H,9-10H2,1-4H3/t13-/m1/s1. The average molecular weight is 377 g/mol. The molecular weight excluding hydrogens is 354 g/mol. The van der Waals surface area contributed by atoms with E-state index in [1.165, 1.54) is 4.31 Å². The van der Waals surface area contributed by atoms with Crippen LogP contribution in [0.5, 0.6) is 17.2 Å². The molecule has 3 rings (SSSR count). The maximum Gasteiger partial charge on any atom is 0.243 e. The third-order valence-corrected chi connectivity index (χ3v) is 6.78. The van der Waals surface area contributed by atoms with Crippen molar-refractivity contribution in [3.05, 3.63) is 47.5 Å². The van der Waals surface area contributed by atoms with Gasteiger partial charge in [-0.25, -0.2) is 8.42 Å². The lowest BCUT2D eigenvalue weighted by Gasteiger charge is -2.34. The van der Waals surface area contributed by atoms with E-state index in [0.717, 1.165) is 11.1 Å². The summed E-state index contributed by atoms with van der Waals surface area (Å²) in [5, 5.41) is 0. The van der Waals surface area contributed by atoms with Gasteiger partial charge in [0.1, 0.15) is 5.75 Å². The number of hydrogen-bond donors (Lipinski definition) is 0. The van der Waals surface area contributed by atoms with Crippen molar-refractivity contribution >= 4 is 10.0 Å². The molecule has 7 heteroatoms. The predicted molar refractivity (Wildman–Crippen MR) is 98.6 cm³/mol. The van der Waals surface area contributed by atoms with Gasteiger partial charge in [0.2, 0.25) is 10.0 Å². The Hall–Kier alpha value is -2.25. The highest BCUT2D eigenvalue weighted by molar-refractivity contribution is 7.89. The van der Waals surface area contributed by atoms with E-state index in [2.05, 4.69) is 0 Å². The maximum atomic E-state index is 13.1. The topological polar surface area (TPSA) is 65.1 Å². The first-order chi connectivity index (χ1) is 12.4. The quantitative estimate of drug-likeness (QED) is 0.801. The summed E-state index contributed by atoms with van der Waals surface area (Å²) in [5.74, 6) is 1.88. The SMILES string of the molecule is COc1ccc(S(=O)(=O)N2CCc3cc(OC)c(OC)cc3[C@H]2C)cc1. The van der Waals surface area contributed by atoms with Gasteiger partial charge in [-0.2, -0.15) is 4.31 Å². The molecule has 140 valence electrons. The molecular formula is C19H23NO5S. The number of sulfonamides is 1. The Kier molecular flexibility index (Phi) is 5.11. The fourth-order valence-corrected chi connectivity index (χ4v) is 4.95. The van der Waals surface area contributed by atoms with Crippen LogP contribution in [0, 0.1) is 0 Å². The molecule has 0 fully saturated rings. The second-order valence-corrected chi connectivity index (χ2v) is 8.01. The zero-order valence-corrected chi connectivity index (χ0v) is 16.2. The molecule has 0 amide bonds. The molecule has 0 saturated heterocycles. The molecule has 1 aliphatic rings. The first-order valence-corrected chi connectivity index (χ1v) is 9.77. The number of methoxy groups -OCH3 is 3. The third-order valence-electron chi connectivity index (χ3n) is 4.80. The Morgan fingerprint density at radius 1 is 0.962 bits per heavy atom. The lowest BCUT2D eigenvalue weighted by atomic mass is 9.94. The Morgan fingerprint density at radius 2 is 1.58 bits per heavy atom. The van der Waals surface area contributed by atoms with Crippen LogP contribution in [0.4, 0.5) is 0 Å². The van der Waals surface area contributed by atoms with Gasteiger partial charge in [-0.1, -0.05) is 0 Å². The Bertz CT molecular complexity index is 893. The van der Waals surface area contributed by atoms with Crippen LogP contribution >= 0.6 is 0 Å². The van der Waals surface area contributed by atoms with Crippen LogP contribution in [0.2, 0.25) is 0 Å². The number of benzene rings is 2. The molecule has 0 saturated carbocycles. The molecule has 0 aromatic heterocycles. The summed E-state index contributed by atoms with van der Waals surface area (Å²) < 4.78 is 43.6. The summed E-state index contributed by atoms with van der Waals surface area (Å²) in [6, 6.07) is 9.96. The fraction of sp³-hybridized carbons (Fsp3) is 0.368. The summed E-state index contributed by atoms with van der Waals surface area (Å²) in [7, 11) is 1.11. The monoisotopic (exact) mass is 377 g/mol. The van der Waals surface area contributed by atoms with Gasteiger partial charge in [-0.05, 0) is 60.9 Å². The average Bonchev–Trinajstić information content (AvgIpc) is 2.67. The summed E-state index contributed by atoms with van der Waals surface area (Å²) in [6.45, 7) is 2.31. The van der Waals surface area contributed by atoms with Crippen molar-refractivity contribution < 1.29 is 22.6 Å². The van der Waals surface area contributed by atoms with Crippen LogP contribution in [0.25, 0.3) is 0 Å². The van der Waals surface area contributed by atoms with Gasteiger partial charge >= 0.3 is 0 Å². The van der Waals surface area contributed by atoms with Crippen LogP contribution in [-0.2, 0) is 16.4 Å². The number of ether oxygens (including phenoxy) is 3. The Labute approximate surface area is 154 Å². The van der Waals surface area contributed by atoms with E-state index in [1.54, 1.807) is 45.6 Å². The highest BCUT2D eigenvalue weighted by Gasteiger charge is 2.34. The van der Waals surface area contributed by atoms with Crippen LogP contribution in [0.1, 0.15) is 24.1 Å². The fourth-order valence-electron chi connectivity index (χ4n) is 3.33. The van der Waals surface area contributed by atoms with Gasteiger partial charge in [0.25, 0.3) is 0 Å². The van der Waals surface area contributed by atoms with Gasteiger partial charge in [-0.15, -0.1) is 0 Å². The van der Waals surface area contributed by atoms with Gasteiger partial charge in [-0.3, -0.25) is 0 Å². The molecule has 1 heterocycles. The Morgan fingerprint density at radius 3 is 2.15 bits per heavy atom. The molecule has 0 spiro atoms. The normalized spacial score (nSPS) is 17.5. The van der Waals surface area contributed by atoms with Crippen molar-refractivity contribution in [2.75, 3.05) is 27.9 Å². The second kappa shape index (κ2) is 7.17. The first-order valence-electron chi connectivity index (χ1n) is 8.33. The minimum absolute atomic E-state index is 0.258. The molecule has 0 radical (unpaired) electrons. The molecule has 1 atom stereocenters. The highest BCUT2D eigenvalue weighted by atomic mass is 32.2. The largest absolute Gasteiger partial charge is 0.497 e. The van der Waals surface area contributed by atoms with Crippen molar-refractivity contribution in [3.63, 3.8) is 0 Å². The predicted octanol–water partition coefficient (Wildman–Crippen LogP) is 3.02. The van der Waals surface area contributed by atoms with Gasteiger partial charge in [0, 0.05) is 12.6 Å². The summed E-state index contributed by atoms with van der Waals surface area (Å²) >= 11 is 0. The van der Waals surface area contributed by atoms with Crippen molar-refractivity contribution in [2.24, 2.45) is 0 Å². The molecule has 2 aromatic carbocycles. The number of hydrogen-bond acceptors (Lipinski definition) is 5. The molecule has 26 heavy (non-hydrogen) atoms. The van der Waals surface area contributed by atoms with Crippen LogP contribution in [-0.4, -0.2) is 40.6 Å². The maximum absolute atomic E-state index is 13.1. The van der Waals surface area contributed by atoms with E-state index in [1.807, 2.05) is 19.1 Å². The van der Waals surface area contributed by atoms with E-state index >= 15 is 0 Å². The van der Waals surface area contributed by atoms with Crippen molar-refractivity contribution in [1.29, 1.82) is 0 Å². The van der Waals surface area contributed by atoms with E-state index in [9.17, 15) is 8.42 Å². The van der Waals surface area contributed by atoms with Gasteiger partial charge in [0.15, 0.2) is 11.5 Å². The minimum atomic E-state index is -3.61. The van der Waals surface area contributed by atoms with Crippen molar-refractivity contribution in [2.45, 2.75) is 24.3 Å². The zero-order valence-electron chi connectivity index (χ0n) is 15.4. The number of nitrogens with zero attached hydrogens (tertiary/aromatic N) is 1. The third kappa shape index (κ3) is 3.12. The van der Waals surface area contributed by atoms with Crippen molar-refractivity contribution in [1.82, 2.24) is 4.31 Å². The van der Waals surface area contributed by atoms with Gasteiger partial charge in [0.05, 0.1) is 26.2 Å². The lowest BCUT2D eigenvalue weighted by molar-refractivity contribution is 0.319. The highest BCUT2D eigenvalue weighted by Crippen LogP contribution is 2.39. The van der Waals surface area contributed by atoms with Gasteiger partial charge < -0.3 is 14.2 Å². The van der Waals surface area contributed by atoms with E-state index in [-0.39, 0.29) is 10.9 Å². The molecule has 0 bridgehead atoms. The summed E-state index contributed by atoms with van der Waals surface area (Å²) in [6.07, 6.45) is 0.620. The van der Waals surface area contributed by atoms with Crippen LogP contribution in [0.3, 0.4) is 0 Å². The van der Waals surface area contributed by atoms with E-state index < -0.39 is 10.0 Å². The lowest BCUT2D eigenvalue weighted by Crippen LogP contribution is -2.38. The van der Waals surface area contributed by atoms with E-state index in [0.29, 0.717) is 30.2 Å². The number of rotatable bonds is 5. The minimum Gasteiger partial charge on any atom is -0.497 e. The molecule has 2 aromatic rings. The summed E-state index contributed by atoms with van der Waals surface area (Å²) in [5.41, 5.74) is 2.02. The van der Waals surface area contributed by atoms with Crippen LogP contribution < -0.4 is 14.2 Å². The molecule has 0 aliphatic carbocycles. The second-order valence-electron chi connectivity index (χ2n) is 6.12. The summed E-state index contributed by atoms with van der Waals surface area (Å²) in [4.78, 5) is 0.258. The molecule has 0 N–H and O–H groups in total. The van der Waals surface area contributed by atoms with E-state index in [4.69, 9.17) is 14.2 Å². The Balaban J connectivity index is 1.98. The van der Waals surface area contributed by atoms with Crippen LogP contribution in [0.15, 0.2) is 41.3 Å². The number of fused-ring (bicyclic) bond motifs is 1. The van der Waals surface area contributed by atoms with Crippen molar-refractivity contribution in [3.8, 4) is 17.2 Å². The smallest absolute Gasteiger partial charge is 0.243 e. The molecule has 1 aliphatic heterocycles. The first kappa shape index (κ1) is 18.5. The molecule has 0 unspecified atom stereocenters.